The standard InChI is InChI=1S/C25H23FN5PS/c1-17-13-15-19(16-14-17)29-32(33)23-18(2)28-31(20-9-5-4-6-10-20)25(23)27-24(30(32)3)21-11-7-8-12-22(21)26/h4-16H,1-3H3,(H,29,33). The minimum Gasteiger partial charge on any atom is -0.338 e. The maximum atomic E-state index is 14.9. The van der Waals surface area contributed by atoms with E-state index in [1.165, 1.54) is 6.07 Å². The zero-order valence-electron chi connectivity index (χ0n) is 18.5. The lowest BCUT2D eigenvalue weighted by Crippen LogP contribution is -2.36. The van der Waals surface area contributed by atoms with Crippen LogP contribution in [0.2, 0.25) is 0 Å². The molecule has 0 spiro atoms. The number of aromatic nitrogens is 2. The number of anilines is 1. The van der Waals surface area contributed by atoms with E-state index in [1.807, 2.05) is 80.2 Å². The van der Waals surface area contributed by atoms with Crippen LogP contribution in [0, 0.1) is 19.7 Å². The third kappa shape index (κ3) is 3.67. The molecule has 33 heavy (non-hydrogen) atoms. The number of hydrogen-bond acceptors (Lipinski definition) is 3. The van der Waals surface area contributed by atoms with Crippen molar-refractivity contribution in [3.63, 3.8) is 0 Å². The van der Waals surface area contributed by atoms with Gasteiger partial charge < -0.3 is 9.76 Å². The Morgan fingerprint density at radius 1 is 0.909 bits per heavy atom. The molecule has 1 unspecified atom stereocenters. The van der Waals surface area contributed by atoms with Crippen molar-refractivity contribution in [3.8, 4) is 5.69 Å². The lowest BCUT2D eigenvalue weighted by molar-refractivity contribution is 0.621. The Bertz CT molecular complexity index is 1410. The largest absolute Gasteiger partial charge is 0.338 e. The number of rotatable bonds is 4. The van der Waals surface area contributed by atoms with Gasteiger partial charge in [-0.05, 0) is 62.1 Å². The number of amidine groups is 1. The number of hydrogen-bond donors (Lipinski definition) is 1. The summed E-state index contributed by atoms with van der Waals surface area (Å²) in [7, 11) is 1.88. The fraction of sp³-hybridized carbons (Fsp3) is 0.120. The minimum atomic E-state index is -2.67. The van der Waals surface area contributed by atoms with Gasteiger partial charge in [0.15, 0.2) is 12.2 Å². The fourth-order valence-corrected chi connectivity index (χ4v) is 7.55. The molecule has 0 bridgehead atoms. The molecule has 8 heteroatoms. The van der Waals surface area contributed by atoms with E-state index in [2.05, 4.69) is 5.09 Å². The van der Waals surface area contributed by atoms with Gasteiger partial charge in [-0.1, -0.05) is 48.0 Å². The lowest BCUT2D eigenvalue weighted by Gasteiger charge is -2.38. The van der Waals surface area contributed by atoms with Gasteiger partial charge in [0.2, 0.25) is 0 Å². The molecule has 1 aliphatic rings. The van der Waals surface area contributed by atoms with Gasteiger partial charge >= 0.3 is 0 Å². The second-order valence-corrected chi connectivity index (χ2v) is 12.0. The summed E-state index contributed by atoms with van der Waals surface area (Å²) >= 11 is 6.39. The normalized spacial score (nSPS) is 17.5. The summed E-state index contributed by atoms with van der Waals surface area (Å²) in [5, 5.41) is 9.30. The number of fused-ring (bicyclic) bond motifs is 1. The second kappa shape index (κ2) is 8.25. The van der Waals surface area contributed by atoms with E-state index in [0.717, 1.165) is 27.9 Å². The Morgan fingerprint density at radius 3 is 2.27 bits per heavy atom. The van der Waals surface area contributed by atoms with E-state index in [-0.39, 0.29) is 5.82 Å². The zero-order chi connectivity index (χ0) is 23.2. The number of aliphatic imine (C=N–C) groups is 1. The molecular formula is C25H23FN5PS. The van der Waals surface area contributed by atoms with Crippen LogP contribution in [0.25, 0.3) is 5.69 Å². The molecule has 0 aliphatic carbocycles. The third-order valence-electron chi connectivity index (χ3n) is 5.70. The quantitative estimate of drug-likeness (QED) is 0.385. The van der Waals surface area contributed by atoms with Gasteiger partial charge in [-0.25, -0.2) is 14.1 Å². The number of nitrogens with zero attached hydrogens (tertiary/aromatic N) is 4. The summed E-state index contributed by atoms with van der Waals surface area (Å²) in [6.45, 7) is 4.00. The molecule has 5 nitrogen and oxygen atoms in total. The van der Waals surface area contributed by atoms with Gasteiger partial charge in [-0.15, -0.1) is 0 Å². The van der Waals surface area contributed by atoms with E-state index in [9.17, 15) is 4.39 Å². The predicted molar refractivity (Wildman–Crippen MR) is 137 cm³/mol. The van der Waals surface area contributed by atoms with Crippen molar-refractivity contribution in [1.29, 1.82) is 0 Å². The van der Waals surface area contributed by atoms with Crippen LogP contribution in [-0.2, 0) is 11.8 Å². The average molecular weight is 476 g/mol. The number of nitrogens with one attached hydrogen (secondary N) is 1. The van der Waals surface area contributed by atoms with Crippen LogP contribution in [0.15, 0.2) is 83.9 Å². The molecular weight excluding hydrogens is 452 g/mol. The highest BCUT2D eigenvalue weighted by Crippen LogP contribution is 2.54. The van der Waals surface area contributed by atoms with Crippen LogP contribution in [0.3, 0.4) is 0 Å². The van der Waals surface area contributed by atoms with Gasteiger partial charge in [-0.2, -0.15) is 5.10 Å². The van der Waals surface area contributed by atoms with Crippen molar-refractivity contribution in [2.75, 3.05) is 12.1 Å². The Balaban J connectivity index is 1.76. The smallest absolute Gasteiger partial charge is 0.170 e. The van der Waals surface area contributed by atoms with Crippen molar-refractivity contribution in [3.05, 3.63) is 102 Å². The van der Waals surface area contributed by atoms with Crippen LogP contribution in [0.4, 0.5) is 15.9 Å². The monoisotopic (exact) mass is 475 g/mol. The molecule has 3 aromatic carbocycles. The van der Waals surface area contributed by atoms with Gasteiger partial charge in [0.1, 0.15) is 11.7 Å². The number of benzene rings is 3. The van der Waals surface area contributed by atoms with Gasteiger partial charge in [0.05, 0.1) is 22.2 Å². The molecule has 1 atom stereocenters. The molecule has 1 N–H and O–H groups in total. The second-order valence-electron chi connectivity index (χ2n) is 8.00. The van der Waals surface area contributed by atoms with Crippen molar-refractivity contribution < 1.29 is 4.39 Å². The molecule has 0 fully saturated rings. The maximum Gasteiger partial charge on any atom is 0.170 e. The minimum absolute atomic E-state index is 0.342. The predicted octanol–water partition coefficient (Wildman–Crippen LogP) is 5.70. The molecule has 0 saturated heterocycles. The molecule has 4 aromatic rings. The summed E-state index contributed by atoms with van der Waals surface area (Å²) in [5.41, 5.74) is 4.16. The first-order chi connectivity index (χ1) is 15.9. The van der Waals surface area contributed by atoms with Gasteiger partial charge in [0.25, 0.3) is 0 Å². The molecule has 166 valence electrons. The van der Waals surface area contributed by atoms with Crippen LogP contribution in [0.1, 0.15) is 16.8 Å². The Hall–Kier alpha value is -3.28. The molecule has 2 heterocycles. The topological polar surface area (TPSA) is 45.5 Å². The molecule has 0 saturated carbocycles. The summed E-state index contributed by atoms with van der Waals surface area (Å²) < 4.78 is 18.6. The molecule has 1 aliphatic heterocycles. The first-order valence-corrected chi connectivity index (χ1v) is 13.3. The van der Waals surface area contributed by atoms with Crippen molar-refractivity contribution in [2.24, 2.45) is 4.99 Å². The van der Waals surface area contributed by atoms with Crippen LogP contribution in [0.5, 0.6) is 0 Å². The highest BCUT2D eigenvalue weighted by molar-refractivity contribution is 8.18. The molecule has 5 rings (SSSR count). The SMILES string of the molecule is Cc1ccc(NP2(=S)c3c(C)nn(-c4ccccc4)c3N=C(c3ccccc3F)N2C)cc1. The van der Waals surface area contributed by atoms with Crippen LogP contribution < -0.4 is 10.4 Å². The van der Waals surface area contributed by atoms with Gasteiger partial charge in [-0.3, -0.25) is 0 Å². The first kappa shape index (κ1) is 21.6. The Morgan fingerprint density at radius 2 is 1.58 bits per heavy atom. The van der Waals surface area contributed by atoms with Crippen LogP contribution >= 0.6 is 6.34 Å². The summed E-state index contributed by atoms with van der Waals surface area (Å²) in [6.07, 6.45) is -2.67. The molecule has 1 aromatic heterocycles. The number of aryl methyl sites for hydroxylation is 2. The first-order valence-electron chi connectivity index (χ1n) is 10.6. The van der Waals surface area contributed by atoms with E-state index < -0.39 is 6.34 Å². The van der Waals surface area contributed by atoms with Gasteiger partial charge in [0, 0.05) is 12.7 Å². The Kier molecular flexibility index (Phi) is 5.39. The average Bonchev–Trinajstić information content (AvgIpc) is 3.16. The summed E-state index contributed by atoms with van der Waals surface area (Å²) in [6, 6.07) is 24.6. The third-order valence-corrected chi connectivity index (χ3v) is 9.98. The van der Waals surface area contributed by atoms with Crippen LogP contribution in [-0.4, -0.2) is 27.3 Å². The van der Waals surface area contributed by atoms with Crippen molar-refractivity contribution in [2.45, 2.75) is 13.8 Å². The number of halogens is 1. The fourth-order valence-electron chi connectivity index (χ4n) is 3.98. The number of para-hydroxylation sites is 1. The van der Waals surface area contributed by atoms with Crippen molar-refractivity contribution >= 4 is 40.8 Å². The highest BCUT2D eigenvalue weighted by atomic mass is 32.4. The molecule has 0 amide bonds. The zero-order valence-corrected chi connectivity index (χ0v) is 20.2. The molecule has 0 radical (unpaired) electrons. The highest BCUT2D eigenvalue weighted by Gasteiger charge is 2.40. The van der Waals surface area contributed by atoms with E-state index in [0.29, 0.717) is 17.2 Å². The summed E-state index contributed by atoms with van der Waals surface area (Å²) in [5.74, 6) is 0.782. The lowest BCUT2D eigenvalue weighted by atomic mass is 10.2. The Labute approximate surface area is 197 Å². The van der Waals surface area contributed by atoms with E-state index in [1.54, 1.807) is 22.9 Å². The maximum absolute atomic E-state index is 14.9. The van der Waals surface area contributed by atoms with E-state index in [4.69, 9.17) is 21.9 Å². The van der Waals surface area contributed by atoms with Crippen molar-refractivity contribution in [1.82, 2.24) is 14.5 Å². The van der Waals surface area contributed by atoms with E-state index >= 15 is 0 Å². The summed E-state index contributed by atoms with van der Waals surface area (Å²) in [4.78, 5) is 4.93.